The molecule has 0 bridgehead atoms. The Balaban J connectivity index is 0.000000150. The fourth-order valence-electron chi connectivity index (χ4n) is 22.2. The van der Waals surface area contributed by atoms with Crippen LogP contribution in [0.1, 0.15) is 0 Å². The van der Waals surface area contributed by atoms with E-state index < -0.39 is 0 Å². The Labute approximate surface area is 816 Å². The second-order valence-electron chi connectivity index (χ2n) is 36.5. The summed E-state index contributed by atoms with van der Waals surface area (Å²) in [6.45, 7) is 0. The van der Waals surface area contributed by atoms with Crippen molar-refractivity contribution >= 4 is 86.2 Å². The standard InChI is InChI=1S/C76H50.C64H42/c1-5-21-51(22-6-1)53-37-41-55(42-38-53)59-45-47-61(57-25-9-3-10-26-57)71(49-59)73-63-29-13-17-33-67(63)75(68-34-18-14-30-64(68)73)76-69-35-19-15-31-65(69)74(66-32-16-20-36-70(66)76)72-50-60(46-48-62(72)58-27-11-4-12-28-58)56-43-39-54(40-44-56)52-23-7-2-8-24-52;1-5-21-43(22-6-1)49-39-37-47(41-59(49)45-25-9-3-10-26-45)61-51-29-13-17-33-55(51)63(56-34-18-14-30-52(56)61)64-57-35-19-15-31-53(57)62(54-32-16-20-36-58(54)64)48-38-40-50(44-23-7-2-8-24-44)60(42-48)46-27-11-4-12-28-46/h1-50H;1-42H. The Bertz CT molecular complexity index is 8430. The van der Waals surface area contributed by atoms with Gasteiger partial charge in [0.15, 0.2) is 0 Å². The summed E-state index contributed by atoms with van der Waals surface area (Å²) in [4.78, 5) is 0. The highest BCUT2D eigenvalue weighted by Crippen LogP contribution is 2.56. The van der Waals surface area contributed by atoms with Gasteiger partial charge in [-0.1, -0.05) is 534 Å². The molecule has 0 fully saturated rings. The topological polar surface area (TPSA) is 0 Å². The third-order valence-corrected chi connectivity index (χ3v) is 28.6. The minimum atomic E-state index is 1.18. The van der Waals surface area contributed by atoms with Crippen LogP contribution in [0.4, 0.5) is 0 Å². The molecule has 0 aliphatic carbocycles. The van der Waals surface area contributed by atoms with Gasteiger partial charge < -0.3 is 0 Å². The fourth-order valence-corrected chi connectivity index (χ4v) is 22.2. The molecular weight excluding hydrogens is 1680 g/mol. The van der Waals surface area contributed by atoms with Crippen molar-refractivity contribution < 1.29 is 0 Å². The molecule has 0 heterocycles. The van der Waals surface area contributed by atoms with E-state index in [1.165, 1.54) is 264 Å². The van der Waals surface area contributed by atoms with Crippen LogP contribution in [-0.2, 0) is 0 Å². The largest absolute Gasteiger partial charge is 0.0622 e. The average molecular weight is 1770 g/mol. The summed E-state index contributed by atoms with van der Waals surface area (Å²) in [5.41, 5.74) is 39.0. The summed E-state index contributed by atoms with van der Waals surface area (Å²) in [5, 5.41) is 19.7. The molecule has 0 saturated heterocycles. The Morgan fingerprint density at radius 3 is 0.400 bits per heavy atom. The lowest BCUT2D eigenvalue weighted by molar-refractivity contribution is 1.57. The molecule has 0 amide bonds. The number of rotatable bonds is 16. The maximum absolute atomic E-state index is 2.43. The zero-order chi connectivity index (χ0) is 92.8. The SMILES string of the molecule is c1ccc(-c2ccc(-c3c4ccccc4c(-c4c5ccccc5c(-c5ccc(-c6ccccc6)c(-c6ccccc6)c5)c5ccccc45)c4ccccc34)cc2-c2ccccc2)cc1.c1ccc(-c2ccc(-c3ccc(-c4ccccc4)c(-c4c5ccccc5c(-c5c6ccccc6c(-c6cc(-c7ccc(-c8ccccc8)cc7)ccc6-c6ccccc6)c6ccccc56)c5ccccc45)c3)cc2)cc1. The zero-order valence-electron chi connectivity index (χ0n) is 77.1. The van der Waals surface area contributed by atoms with Crippen molar-refractivity contribution in [2.75, 3.05) is 0 Å². The number of hydrogen-bond donors (Lipinski definition) is 0. The maximum Gasteiger partial charge on any atom is -0.00139 e. The van der Waals surface area contributed by atoms with Crippen LogP contribution < -0.4 is 0 Å². The molecule has 0 aliphatic rings. The van der Waals surface area contributed by atoms with Crippen LogP contribution in [0.3, 0.4) is 0 Å². The predicted octanol–water partition coefficient (Wildman–Crippen LogP) is 39.3. The number of benzene rings is 26. The molecule has 26 aromatic carbocycles. The van der Waals surface area contributed by atoms with Gasteiger partial charge in [-0.05, 0) is 288 Å². The summed E-state index contributed by atoms with van der Waals surface area (Å²) in [6.07, 6.45) is 0. The maximum atomic E-state index is 2.43. The second kappa shape index (κ2) is 36.5. The molecule has 0 nitrogen and oxygen atoms in total. The van der Waals surface area contributed by atoms with Crippen molar-refractivity contribution in [3.8, 4) is 178 Å². The van der Waals surface area contributed by atoms with Crippen molar-refractivity contribution in [2.45, 2.75) is 0 Å². The molecule has 140 heavy (non-hydrogen) atoms. The Kier molecular flexibility index (Phi) is 21.8. The van der Waals surface area contributed by atoms with Gasteiger partial charge in [-0.3, -0.25) is 0 Å². The molecule has 0 aliphatic heterocycles. The van der Waals surface area contributed by atoms with Crippen LogP contribution in [0.25, 0.3) is 264 Å². The first-order valence-electron chi connectivity index (χ1n) is 48.5. The lowest BCUT2D eigenvalue weighted by atomic mass is 9.79. The third kappa shape index (κ3) is 15.2. The molecule has 0 aromatic heterocycles. The van der Waals surface area contributed by atoms with Gasteiger partial charge in [-0.25, -0.2) is 0 Å². The van der Waals surface area contributed by atoms with Crippen LogP contribution in [0.15, 0.2) is 558 Å². The van der Waals surface area contributed by atoms with Crippen LogP contribution >= 0.6 is 0 Å². The highest BCUT2D eigenvalue weighted by atomic mass is 14.3. The molecule has 0 radical (unpaired) electrons. The van der Waals surface area contributed by atoms with Gasteiger partial charge in [0.2, 0.25) is 0 Å². The van der Waals surface area contributed by atoms with E-state index in [0.717, 1.165) is 0 Å². The smallest absolute Gasteiger partial charge is 0.00139 e. The van der Waals surface area contributed by atoms with Gasteiger partial charge in [0, 0.05) is 0 Å². The molecule has 0 N–H and O–H groups in total. The first-order valence-corrected chi connectivity index (χ1v) is 48.5. The predicted molar refractivity (Wildman–Crippen MR) is 600 cm³/mol. The monoisotopic (exact) mass is 1770 g/mol. The Morgan fingerprint density at radius 1 is 0.0643 bits per heavy atom. The van der Waals surface area contributed by atoms with Crippen molar-refractivity contribution in [2.24, 2.45) is 0 Å². The van der Waals surface area contributed by atoms with Crippen LogP contribution in [0.2, 0.25) is 0 Å². The highest BCUT2D eigenvalue weighted by molar-refractivity contribution is 6.33. The zero-order valence-corrected chi connectivity index (χ0v) is 77.1. The quantitative estimate of drug-likeness (QED) is 0.0846. The lowest BCUT2D eigenvalue weighted by Crippen LogP contribution is -1.96. The molecule has 0 spiro atoms. The van der Waals surface area contributed by atoms with E-state index in [0.29, 0.717) is 0 Å². The molecule has 0 atom stereocenters. The molecule has 0 heteroatoms. The van der Waals surface area contributed by atoms with Crippen molar-refractivity contribution in [3.63, 3.8) is 0 Å². The summed E-state index contributed by atoms with van der Waals surface area (Å²) >= 11 is 0. The van der Waals surface area contributed by atoms with Crippen molar-refractivity contribution in [3.05, 3.63) is 558 Å². The molecule has 26 aromatic rings. The van der Waals surface area contributed by atoms with E-state index in [2.05, 4.69) is 558 Å². The fraction of sp³-hybridized carbons (Fsp3) is 0. The number of hydrogen-bond acceptors (Lipinski definition) is 0. The van der Waals surface area contributed by atoms with Crippen LogP contribution in [0.5, 0.6) is 0 Å². The van der Waals surface area contributed by atoms with Crippen LogP contribution in [-0.4, -0.2) is 0 Å². The number of fused-ring (bicyclic) bond motifs is 8. The van der Waals surface area contributed by atoms with E-state index in [1.807, 2.05) is 0 Å². The third-order valence-electron chi connectivity index (χ3n) is 28.6. The van der Waals surface area contributed by atoms with E-state index >= 15 is 0 Å². The van der Waals surface area contributed by atoms with Gasteiger partial charge in [0.05, 0.1) is 0 Å². The van der Waals surface area contributed by atoms with E-state index in [9.17, 15) is 0 Å². The highest BCUT2D eigenvalue weighted by Gasteiger charge is 2.29. The molecule has 0 unspecified atom stereocenters. The van der Waals surface area contributed by atoms with Crippen molar-refractivity contribution in [1.29, 1.82) is 0 Å². The van der Waals surface area contributed by atoms with Gasteiger partial charge in [-0.2, -0.15) is 0 Å². The summed E-state index contributed by atoms with van der Waals surface area (Å²) in [5.74, 6) is 0. The van der Waals surface area contributed by atoms with E-state index in [-0.39, 0.29) is 0 Å². The minimum Gasteiger partial charge on any atom is -0.0622 e. The van der Waals surface area contributed by atoms with Gasteiger partial charge in [0.25, 0.3) is 0 Å². The first kappa shape index (κ1) is 83.6. The van der Waals surface area contributed by atoms with Gasteiger partial charge in [0.1, 0.15) is 0 Å². The van der Waals surface area contributed by atoms with E-state index in [4.69, 9.17) is 0 Å². The first-order chi connectivity index (χ1) is 69.5. The second-order valence-corrected chi connectivity index (χ2v) is 36.5. The normalized spacial score (nSPS) is 11.4. The average Bonchev–Trinajstić information content (AvgIpc) is 0.708. The summed E-state index contributed by atoms with van der Waals surface area (Å²) in [6, 6.07) is 205. The Hall–Kier alpha value is -18.2. The minimum absolute atomic E-state index is 1.18. The Morgan fingerprint density at radius 2 is 0.193 bits per heavy atom. The van der Waals surface area contributed by atoms with Gasteiger partial charge in [-0.15, -0.1) is 0 Å². The summed E-state index contributed by atoms with van der Waals surface area (Å²) < 4.78 is 0. The molecular formula is C140H92. The summed E-state index contributed by atoms with van der Waals surface area (Å²) in [7, 11) is 0. The van der Waals surface area contributed by atoms with Crippen LogP contribution in [0, 0.1) is 0 Å². The molecule has 0 saturated carbocycles. The van der Waals surface area contributed by atoms with E-state index in [1.54, 1.807) is 0 Å². The lowest BCUT2D eigenvalue weighted by Gasteiger charge is -2.24. The molecule has 26 rings (SSSR count). The van der Waals surface area contributed by atoms with Gasteiger partial charge >= 0.3 is 0 Å². The molecule has 652 valence electrons. The van der Waals surface area contributed by atoms with Crippen molar-refractivity contribution in [1.82, 2.24) is 0 Å².